The van der Waals surface area contributed by atoms with Crippen LogP contribution in [-0.4, -0.2) is 28.0 Å². The predicted molar refractivity (Wildman–Crippen MR) is 101 cm³/mol. The van der Waals surface area contributed by atoms with Crippen LogP contribution in [-0.2, 0) is 10.2 Å². The van der Waals surface area contributed by atoms with Gasteiger partial charge in [0, 0.05) is 17.4 Å². The van der Waals surface area contributed by atoms with E-state index in [2.05, 4.69) is 15.5 Å². The number of aromatic nitrogens is 2. The van der Waals surface area contributed by atoms with E-state index in [0.717, 1.165) is 19.3 Å². The molecule has 2 aromatic rings. The molecule has 2 unspecified atom stereocenters. The summed E-state index contributed by atoms with van der Waals surface area (Å²) >= 11 is 0. The van der Waals surface area contributed by atoms with Crippen LogP contribution in [0.3, 0.4) is 0 Å². The van der Waals surface area contributed by atoms with Crippen molar-refractivity contribution in [2.24, 2.45) is 11.7 Å². The molecule has 0 spiro atoms. The van der Waals surface area contributed by atoms with E-state index in [1.807, 2.05) is 26.8 Å². The molecule has 3 rings (SSSR count). The predicted octanol–water partition coefficient (Wildman–Crippen LogP) is 2.81. The molecule has 1 saturated carbocycles. The minimum absolute atomic E-state index is 0.0652. The van der Waals surface area contributed by atoms with Gasteiger partial charge in [0.05, 0.1) is 11.1 Å². The Labute approximate surface area is 158 Å². The fourth-order valence-electron chi connectivity index (χ4n) is 3.35. The number of primary amides is 1. The topological polar surface area (TPSA) is 111 Å². The van der Waals surface area contributed by atoms with Crippen LogP contribution in [0, 0.1) is 5.92 Å². The average Bonchev–Trinajstić information content (AvgIpc) is 3.12. The monoisotopic (exact) mass is 370 g/mol. The molecule has 7 nitrogen and oxygen atoms in total. The first-order valence-electron chi connectivity index (χ1n) is 9.29. The van der Waals surface area contributed by atoms with Gasteiger partial charge >= 0.3 is 0 Å². The number of carbonyl (C=O) groups excluding carboxylic acids is 2. The van der Waals surface area contributed by atoms with Crippen LogP contribution in [0.15, 0.2) is 28.8 Å². The number of benzene rings is 1. The van der Waals surface area contributed by atoms with Gasteiger partial charge in [-0.2, -0.15) is 4.98 Å². The molecule has 1 fully saturated rings. The molecular weight excluding hydrogens is 344 g/mol. The van der Waals surface area contributed by atoms with Crippen LogP contribution >= 0.6 is 0 Å². The third-order valence-corrected chi connectivity index (χ3v) is 4.91. The third kappa shape index (κ3) is 4.35. The van der Waals surface area contributed by atoms with E-state index in [1.165, 1.54) is 0 Å². The molecule has 0 saturated heterocycles. The fraction of sp³-hybridized carbons (Fsp3) is 0.500. The van der Waals surface area contributed by atoms with Crippen LogP contribution in [0.5, 0.6) is 0 Å². The second-order valence-electron chi connectivity index (χ2n) is 8.16. The SMILES string of the molecule is CC(C)(C)c1noc(-c2ccccc2C(=O)NC2CCCC(C(N)=O)C2)n1. The Morgan fingerprint density at radius 3 is 2.63 bits per heavy atom. The molecule has 0 bridgehead atoms. The van der Waals surface area contributed by atoms with Crippen LogP contribution in [0.1, 0.15) is 62.6 Å². The first kappa shape index (κ1) is 19.1. The van der Waals surface area contributed by atoms with Gasteiger partial charge in [-0.05, 0) is 31.4 Å². The maximum atomic E-state index is 12.9. The summed E-state index contributed by atoms with van der Waals surface area (Å²) in [5.74, 6) is 0.226. The Hall–Kier alpha value is -2.70. The Kier molecular flexibility index (Phi) is 5.30. The summed E-state index contributed by atoms with van der Waals surface area (Å²) in [5, 5.41) is 7.07. The van der Waals surface area contributed by atoms with Crippen molar-refractivity contribution < 1.29 is 14.1 Å². The second-order valence-corrected chi connectivity index (χ2v) is 8.16. The van der Waals surface area contributed by atoms with Gasteiger partial charge in [0.2, 0.25) is 5.91 Å². The largest absolute Gasteiger partial charge is 0.369 e. The molecule has 3 N–H and O–H groups in total. The normalized spacial score (nSPS) is 20.3. The number of hydrogen-bond acceptors (Lipinski definition) is 5. The summed E-state index contributed by atoms with van der Waals surface area (Å²) in [4.78, 5) is 28.8. The second kappa shape index (κ2) is 7.50. The third-order valence-electron chi connectivity index (χ3n) is 4.91. The minimum atomic E-state index is -0.296. The maximum Gasteiger partial charge on any atom is 0.258 e. The molecule has 27 heavy (non-hydrogen) atoms. The highest BCUT2D eigenvalue weighted by atomic mass is 16.5. The Bertz CT molecular complexity index is 838. The number of amides is 2. The van der Waals surface area contributed by atoms with Gasteiger partial charge in [0.1, 0.15) is 0 Å². The van der Waals surface area contributed by atoms with Gasteiger partial charge in [0.15, 0.2) is 5.82 Å². The van der Waals surface area contributed by atoms with Crippen molar-refractivity contribution in [3.8, 4) is 11.5 Å². The van der Waals surface area contributed by atoms with Gasteiger partial charge < -0.3 is 15.6 Å². The summed E-state index contributed by atoms with van der Waals surface area (Å²) in [6.07, 6.45) is 3.08. The highest BCUT2D eigenvalue weighted by Crippen LogP contribution is 2.27. The number of hydrogen-bond donors (Lipinski definition) is 2. The van der Waals surface area contributed by atoms with E-state index in [1.54, 1.807) is 18.2 Å². The smallest absolute Gasteiger partial charge is 0.258 e. The van der Waals surface area contributed by atoms with Gasteiger partial charge in [-0.25, -0.2) is 0 Å². The molecule has 7 heteroatoms. The van der Waals surface area contributed by atoms with Crippen molar-refractivity contribution >= 4 is 11.8 Å². The number of carbonyl (C=O) groups is 2. The molecule has 2 amide bonds. The molecule has 2 atom stereocenters. The summed E-state index contributed by atoms with van der Waals surface area (Å²) in [6.45, 7) is 6.00. The van der Waals surface area contributed by atoms with Crippen LogP contribution in [0.4, 0.5) is 0 Å². The Morgan fingerprint density at radius 2 is 1.96 bits per heavy atom. The van der Waals surface area contributed by atoms with Gasteiger partial charge in [-0.3, -0.25) is 9.59 Å². The quantitative estimate of drug-likeness (QED) is 0.859. The average molecular weight is 370 g/mol. The van der Waals surface area contributed by atoms with Crippen molar-refractivity contribution in [1.82, 2.24) is 15.5 Å². The lowest BCUT2D eigenvalue weighted by atomic mass is 9.85. The van der Waals surface area contributed by atoms with Crippen molar-refractivity contribution in [2.75, 3.05) is 0 Å². The van der Waals surface area contributed by atoms with Crippen LogP contribution in [0.25, 0.3) is 11.5 Å². The van der Waals surface area contributed by atoms with Gasteiger partial charge in [-0.15, -0.1) is 0 Å². The zero-order valence-electron chi connectivity index (χ0n) is 16.0. The number of nitrogens with zero attached hydrogens (tertiary/aromatic N) is 2. The summed E-state index contributed by atoms with van der Waals surface area (Å²) in [6, 6.07) is 7.09. The van der Waals surface area contributed by atoms with Crippen LogP contribution in [0.2, 0.25) is 0 Å². The number of nitrogens with two attached hydrogens (primary N) is 1. The molecule has 1 heterocycles. The highest BCUT2D eigenvalue weighted by molar-refractivity contribution is 6.00. The van der Waals surface area contributed by atoms with Crippen molar-refractivity contribution in [3.05, 3.63) is 35.7 Å². The first-order valence-corrected chi connectivity index (χ1v) is 9.29. The van der Waals surface area contributed by atoms with E-state index < -0.39 is 0 Å². The Morgan fingerprint density at radius 1 is 1.22 bits per heavy atom. The van der Waals surface area contributed by atoms with Crippen molar-refractivity contribution in [3.63, 3.8) is 0 Å². The van der Waals surface area contributed by atoms with E-state index in [0.29, 0.717) is 29.3 Å². The van der Waals surface area contributed by atoms with Crippen molar-refractivity contribution in [1.29, 1.82) is 0 Å². The summed E-state index contributed by atoms with van der Waals surface area (Å²) in [5.41, 5.74) is 6.26. The highest BCUT2D eigenvalue weighted by Gasteiger charge is 2.28. The molecule has 1 aromatic carbocycles. The summed E-state index contributed by atoms with van der Waals surface area (Å²) < 4.78 is 5.40. The molecule has 1 aromatic heterocycles. The molecular formula is C20H26N4O3. The van der Waals surface area contributed by atoms with E-state index in [-0.39, 0.29) is 29.2 Å². The molecule has 0 radical (unpaired) electrons. The number of nitrogens with one attached hydrogen (secondary N) is 1. The van der Waals surface area contributed by atoms with E-state index in [4.69, 9.17) is 10.3 Å². The molecule has 144 valence electrons. The lowest BCUT2D eigenvalue weighted by Gasteiger charge is -2.28. The van der Waals surface area contributed by atoms with Crippen molar-refractivity contribution in [2.45, 2.75) is 57.9 Å². The van der Waals surface area contributed by atoms with Gasteiger partial charge in [-0.1, -0.05) is 44.5 Å². The molecule has 0 aliphatic heterocycles. The zero-order chi connectivity index (χ0) is 19.6. The maximum absolute atomic E-state index is 12.9. The minimum Gasteiger partial charge on any atom is -0.369 e. The fourth-order valence-corrected chi connectivity index (χ4v) is 3.35. The molecule has 1 aliphatic carbocycles. The Balaban J connectivity index is 1.80. The van der Waals surface area contributed by atoms with E-state index in [9.17, 15) is 9.59 Å². The standard InChI is InChI=1S/C20H26N4O3/c1-20(2,3)19-23-18(27-24-19)15-10-5-4-9-14(15)17(26)22-13-8-6-7-12(11-13)16(21)25/h4-5,9-10,12-13H,6-8,11H2,1-3H3,(H2,21,25)(H,22,26). The lowest BCUT2D eigenvalue weighted by molar-refractivity contribution is -0.122. The summed E-state index contributed by atoms with van der Waals surface area (Å²) in [7, 11) is 0. The zero-order valence-corrected chi connectivity index (χ0v) is 16.0. The molecule has 1 aliphatic rings. The lowest BCUT2D eigenvalue weighted by Crippen LogP contribution is -2.41. The van der Waals surface area contributed by atoms with Gasteiger partial charge in [0.25, 0.3) is 11.8 Å². The first-order chi connectivity index (χ1) is 12.8. The van der Waals surface area contributed by atoms with Crippen LogP contribution < -0.4 is 11.1 Å². The van der Waals surface area contributed by atoms with E-state index >= 15 is 0 Å². The number of rotatable bonds is 4.